The fourth-order valence-electron chi connectivity index (χ4n) is 2.76. The number of carbonyl (C=O) groups is 1. The van der Waals surface area contributed by atoms with Gasteiger partial charge in [-0.25, -0.2) is 14.4 Å². The highest BCUT2D eigenvalue weighted by atomic mass is 35.5. The first-order valence-corrected chi connectivity index (χ1v) is 8.43. The lowest BCUT2D eigenvalue weighted by Gasteiger charge is -2.10. The van der Waals surface area contributed by atoms with Crippen molar-refractivity contribution >= 4 is 34.1 Å². The summed E-state index contributed by atoms with van der Waals surface area (Å²) in [5.41, 5.74) is 2.19. The summed E-state index contributed by atoms with van der Waals surface area (Å²) in [7, 11) is 0. The largest absolute Gasteiger partial charge is 0.310 e. The average molecular weight is 356 g/mol. The Morgan fingerprint density at radius 3 is 2.84 bits per heavy atom. The summed E-state index contributed by atoms with van der Waals surface area (Å²) >= 11 is 6.34. The van der Waals surface area contributed by atoms with Crippen LogP contribution >= 0.6 is 11.6 Å². The van der Waals surface area contributed by atoms with Crippen LogP contribution < -0.4 is 5.32 Å². The molecule has 1 saturated carbocycles. The fraction of sp³-hybridized carbons (Fsp3) is 0.211. The van der Waals surface area contributed by atoms with Crippen molar-refractivity contribution in [2.45, 2.75) is 19.8 Å². The van der Waals surface area contributed by atoms with Gasteiger partial charge in [-0.2, -0.15) is 0 Å². The molecule has 0 unspecified atom stereocenters. The predicted octanol–water partition coefficient (Wildman–Crippen LogP) is 4.75. The summed E-state index contributed by atoms with van der Waals surface area (Å²) in [6.07, 6.45) is 3.50. The molecule has 2 heterocycles. The zero-order valence-corrected chi connectivity index (χ0v) is 14.3. The Morgan fingerprint density at radius 1 is 1.28 bits per heavy atom. The van der Waals surface area contributed by atoms with Crippen LogP contribution in [0.15, 0.2) is 36.5 Å². The van der Waals surface area contributed by atoms with E-state index in [9.17, 15) is 9.18 Å². The number of nitrogens with zero attached hydrogens (tertiary/aromatic N) is 2. The second kappa shape index (κ2) is 6.08. The molecule has 1 aromatic carbocycles. The molecular weight excluding hydrogens is 341 g/mol. The first-order valence-electron chi connectivity index (χ1n) is 8.05. The molecule has 1 fully saturated rings. The predicted molar refractivity (Wildman–Crippen MR) is 96.0 cm³/mol. The van der Waals surface area contributed by atoms with E-state index in [4.69, 9.17) is 11.6 Å². The number of hydrogen-bond acceptors (Lipinski definition) is 3. The van der Waals surface area contributed by atoms with Crippen molar-refractivity contribution in [1.29, 1.82) is 0 Å². The third kappa shape index (κ3) is 3.20. The molecule has 2 aromatic heterocycles. The van der Waals surface area contributed by atoms with Crippen molar-refractivity contribution in [3.05, 3.63) is 53.1 Å². The Labute approximate surface area is 149 Å². The van der Waals surface area contributed by atoms with E-state index in [0.717, 1.165) is 23.8 Å². The van der Waals surface area contributed by atoms with Gasteiger partial charge in [-0.05, 0) is 49.6 Å². The third-order valence-corrected chi connectivity index (χ3v) is 4.63. The maximum atomic E-state index is 13.6. The number of fused-ring (bicyclic) bond motifs is 1. The fourth-order valence-corrected chi connectivity index (χ4v) is 3.01. The minimum atomic E-state index is -0.324. The van der Waals surface area contributed by atoms with E-state index in [2.05, 4.69) is 15.3 Å². The van der Waals surface area contributed by atoms with E-state index in [-0.39, 0.29) is 17.6 Å². The Balaban J connectivity index is 1.75. The van der Waals surface area contributed by atoms with Crippen LogP contribution in [0.5, 0.6) is 0 Å². The monoisotopic (exact) mass is 355 g/mol. The van der Waals surface area contributed by atoms with E-state index in [1.807, 2.05) is 13.0 Å². The lowest BCUT2D eigenvalue weighted by atomic mass is 10.0. The van der Waals surface area contributed by atoms with Crippen LogP contribution in [0.4, 0.5) is 10.2 Å². The van der Waals surface area contributed by atoms with Crippen molar-refractivity contribution in [2.24, 2.45) is 5.92 Å². The zero-order chi connectivity index (χ0) is 17.6. The molecule has 0 atom stereocenters. The van der Waals surface area contributed by atoms with Gasteiger partial charge in [-0.15, -0.1) is 0 Å². The van der Waals surface area contributed by atoms with Crippen LogP contribution in [-0.2, 0) is 4.79 Å². The van der Waals surface area contributed by atoms with Crippen LogP contribution in [0.2, 0.25) is 5.15 Å². The average Bonchev–Trinajstić information content (AvgIpc) is 3.42. The number of rotatable bonds is 3. The molecule has 0 saturated heterocycles. The molecule has 4 nitrogen and oxygen atoms in total. The molecule has 1 aliphatic carbocycles. The van der Waals surface area contributed by atoms with Gasteiger partial charge in [0, 0.05) is 28.5 Å². The standard InChI is InChI=1S/C19H15ClFN3O/c1-10-2-5-13(21)7-14(10)16-6-12-9-22-17(8-15(12)18(20)23-16)24-19(25)11-3-4-11/h2,5-9,11H,3-4H2,1H3,(H,22,24,25). The van der Waals surface area contributed by atoms with Gasteiger partial charge in [0.05, 0.1) is 5.69 Å². The van der Waals surface area contributed by atoms with Gasteiger partial charge >= 0.3 is 0 Å². The summed E-state index contributed by atoms with van der Waals surface area (Å²) in [4.78, 5) is 20.5. The molecule has 0 spiro atoms. The van der Waals surface area contributed by atoms with Gasteiger partial charge in [0.25, 0.3) is 0 Å². The number of nitrogens with one attached hydrogen (secondary N) is 1. The number of aryl methyl sites for hydroxylation is 1. The number of anilines is 1. The van der Waals surface area contributed by atoms with Crippen LogP contribution in [0.3, 0.4) is 0 Å². The zero-order valence-electron chi connectivity index (χ0n) is 13.5. The van der Waals surface area contributed by atoms with Gasteiger partial charge in [0.1, 0.15) is 16.8 Å². The summed E-state index contributed by atoms with van der Waals surface area (Å²) < 4.78 is 13.6. The number of aromatic nitrogens is 2. The molecule has 1 aliphatic rings. The highest BCUT2D eigenvalue weighted by Gasteiger charge is 2.29. The second-order valence-corrected chi connectivity index (χ2v) is 6.67. The Hall–Kier alpha value is -2.53. The molecule has 0 radical (unpaired) electrons. The van der Waals surface area contributed by atoms with Crippen LogP contribution in [0.1, 0.15) is 18.4 Å². The lowest BCUT2D eigenvalue weighted by Crippen LogP contribution is -2.14. The number of benzene rings is 1. The Kier molecular flexibility index (Phi) is 3.88. The number of pyridine rings is 2. The minimum absolute atomic E-state index is 0.0112. The van der Waals surface area contributed by atoms with Gasteiger partial charge in [-0.1, -0.05) is 17.7 Å². The van der Waals surface area contributed by atoms with E-state index < -0.39 is 0 Å². The topological polar surface area (TPSA) is 54.9 Å². The van der Waals surface area contributed by atoms with Gasteiger partial charge < -0.3 is 5.32 Å². The molecule has 3 aromatic rings. The van der Waals surface area contributed by atoms with Crippen molar-refractivity contribution < 1.29 is 9.18 Å². The molecule has 0 bridgehead atoms. The molecule has 6 heteroatoms. The Morgan fingerprint density at radius 2 is 2.08 bits per heavy atom. The van der Waals surface area contributed by atoms with Gasteiger partial charge in [0.2, 0.25) is 5.91 Å². The van der Waals surface area contributed by atoms with Crippen molar-refractivity contribution in [1.82, 2.24) is 9.97 Å². The maximum Gasteiger partial charge on any atom is 0.228 e. The number of hydrogen-bond donors (Lipinski definition) is 1. The third-order valence-electron chi connectivity index (χ3n) is 4.34. The van der Waals surface area contributed by atoms with Crippen LogP contribution in [-0.4, -0.2) is 15.9 Å². The maximum absolute atomic E-state index is 13.6. The lowest BCUT2D eigenvalue weighted by molar-refractivity contribution is -0.117. The highest BCUT2D eigenvalue weighted by Crippen LogP contribution is 2.32. The highest BCUT2D eigenvalue weighted by molar-refractivity contribution is 6.34. The molecule has 126 valence electrons. The first-order chi connectivity index (χ1) is 12.0. The first kappa shape index (κ1) is 16.0. The normalized spacial score (nSPS) is 13.9. The summed E-state index contributed by atoms with van der Waals surface area (Å²) in [5, 5.41) is 4.57. The second-order valence-electron chi connectivity index (χ2n) is 6.31. The Bertz CT molecular complexity index is 1000. The minimum Gasteiger partial charge on any atom is -0.310 e. The molecule has 25 heavy (non-hydrogen) atoms. The smallest absolute Gasteiger partial charge is 0.228 e. The van der Waals surface area contributed by atoms with E-state index in [1.54, 1.807) is 18.3 Å². The number of halogens is 2. The van der Waals surface area contributed by atoms with Crippen molar-refractivity contribution in [3.63, 3.8) is 0 Å². The van der Waals surface area contributed by atoms with Gasteiger partial charge in [0.15, 0.2) is 0 Å². The van der Waals surface area contributed by atoms with E-state index >= 15 is 0 Å². The molecule has 0 aliphatic heterocycles. The molecule has 4 rings (SSSR count). The van der Waals surface area contributed by atoms with Crippen LogP contribution in [0.25, 0.3) is 22.0 Å². The van der Waals surface area contributed by atoms with Crippen molar-refractivity contribution in [2.75, 3.05) is 5.32 Å². The summed E-state index contributed by atoms with van der Waals surface area (Å²) in [6.45, 7) is 1.89. The number of amides is 1. The van der Waals surface area contributed by atoms with E-state index in [1.165, 1.54) is 12.1 Å². The summed E-state index contributed by atoms with van der Waals surface area (Å²) in [5.74, 6) is 0.227. The SMILES string of the molecule is Cc1ccc(F)cc1-c1cc2cnc(NC(=O)C3CC3)cc2c(Cl)n1. The van der Waals surface area contributed by atoms with Crippen LogP contribution in [0, 0.1) is 18.7 Å². The molecular formula is C19H15ClFN3O. The quantitative estimate of drug-likeness (QED) is 0.690. The number of carbonyl (C=O) groups excluding carboxylic acids is 1. The summed E-state index contributed by atoms with van der Waals surface area (Å²) in [6, 6.07) is 8.10. The molecule has 1 amide bonds. The molecule has 1 N–H and O–H groups in total. The van der Waals surface area contributed by atoms with Gasteiger partial charge in [-0.3, -0.25) is 4.79 Å². The van der Waals surface area contributed by atoms with Crippen molar-refractivity contribution in [3.8, 4) is 11.3 Å². The van der Waals surface area contributed by atoms with E-state index in [0.29, 0.717) is 27.6 Å².